The van der Waals surface area contributed by atoms with Crippen LogP contribution < -0.4 is 0 Å². The maximum atomic E-state index is 6.58. The molecule has 4 atom stereocenters. The lowest BCUT2D eigenvalue weighted by Gasteiger charge is -2.39. The van der Waals surface area contributed by atoms with E-state index in [-0.39, 0.29) is 16.9 Å². The van der Waals surface area contributed by atoms with Gasteiger partial charge in [-0.2, -0.15) is 0 Å². The van der Waals surface area contributed by atoms with E-state index in [1.807, 2.05) is 12.3 Å². The Bertz CT molecular complexity index is 789. The first-order valence-corrected chi connectivity index (χ1v) is 10.8. The summed E-state index contributed by atoms with van der Waals surface area (Å²) in [7, 11) is 0. The molecule has 2 aromatic carbocycles. The highest BCUT2D eigenvalue weighted by Crippen LogP contribution is 2.68. The predicted octanol–water partition coefficient (Wildman–Crippen LogP) is 6.16. The summed E-state index contributed by atoms with van der Waals surface area (Å²) in [6.45, 7) is 7.99. The van der Waals surface area contributed by atoms with E-state index in [1.165, 1.54) is 18.4 Å². The fourth-order valence-corrected chi connectivity index (χ4v) is 6.52. The van der Waals surface area contributed by atoms with E-state index in [9.17, 15) is 0 Å². The van der Waals surface area contributed by atoms with Crippen molar-refractivity contribution in [1.82, 2.24) is 0 Å². The number of hydrogen-bond acceptors (Lipinski definition) is 3. The van der Waals surface area contributed by atoms with Gasteiger partial charge in [-0.05, 0) is 47.2 Å². The average Bonchev–Trinajstić information content (AvgIpc) is 3.00. The fourth-order valence-electron chi connectivity index (χ4n) is 5.09. The van der Waals surface area contributed by atoms with Gasteiger partial charge in [0.1, 0.15) is 0 Å². The molecule has 0 amide bonds. The van der Waals surface area contributed by atoms with E-state index in [0.29, 0.717) is 17.8 Å². The summed E-state index contributed by atoms with van der Waals surface area (Å²) in [5.74, 6) is 0.654. The van der Waals surface area contributed by atoms with Crippen LogP contribution in [-0.4, -0.2) is 17.6 Å². The van der Waals surface area contributed by atoms with E-state index < -0.39 is 0 Å². The molecule has 2 fully saturated rings. The molecule has 2 aliphatic carbocycles. The Morgan fingerprint density at radius 1 is 1.04 bits per heavy atom. The summed E-state index contributed by atoms with van der Waals surface area (Å²) in [4.78, 5) is 0. The molecule has 4 rings (SSSR count). The highest BCUT2D eigenvalue weighted by Gasteiger charge is 2.67. The molecule has 3 heteroatoms. The molecular formula is C24H29NOS. The number of nitrogens with zero attached hydrogens (tertiary/aromatic N) is 1. The van der Waals surface area contributed by atoms with Crippen LogP contribution in [-0.2, 0) is 11.3 Å². The first-order valence-electron chi connectivity index (χ1n) is 9.92. The predicted molar refractivity (Wildman–Crippen MR) is 115 cm³/mol. The summed E-state index contributed by atoms with van der Waals surface area (Å²) < 4.78 is 11.3. The van der Waals surface area contributed by atoms with E-state index in [0.717, 1.165) is 5.56 Å². The second kappa shape index (κ2) is 7.44. The maximum Gasteiger partial charge on any atom is 0.0777 e. The van der Waals surface area contributed by atoms with Gasteiger partial charge < -0.3 is 4.74 Å². The van der Waals surface area contributed by atoms with Crippen molar-refractivity contribution in [3.8, 4) is 0 Å². The molecule has 0 N–H and O–H groups in total. The fraction of sp³-hybridized carbons (Fsp3) is 0.458. The normalized spacial score (nSPS) is 31.6. The third-order valence-electron chi connectivity index (χ3n) is 7.15. The zero-order valence-corrected chi connectivity index (χ0v) is 17.3. The van der Waals surface area contributed by atoms with Gasteiger partial charge in [-0.1, -0.05) is 81.4 Å². The number of hydrogen-bond donors (Lipinski definition) is 0. The molecule has 0 aliphatic heterocycles. The summed E-state index contributed by atoms with van der Waals surface area (Å²) in [6, 6.07) is 20.9. The lowest BCUT2D eigenvalue weighted by molar-refractivity contribution is -0.0526. The van der Waals surface area contributed by atoms with Crippen molar-refractivity contribution < 1.29 is 4.74 Å². The van der Waals surface area contributed by atoms with Gasteiger partial charge >= 0.3 is 0 Å². The Balaban J connectivity index is 1.51. The van der Waals surface area contributed by atoms with E-state index in [1.54, 1.807) is 11.9 Å². The second-order valence-corrected chi connectivity index (χ2v) is 9.68. The topological polar surface area (TPSA) is 21.6 Å². The first-order chi connectivity index (χ1) is 13.0. The van der Waals surface area contributed by atoms with E-state index >= 15 is 0 Å². The van der Waals surface area contributed by atoms with Crippen molar-refractivity contribution in [3.05, 3.63) is 71.8 Å². The Morgan fingerprint density at radius 2 is 1.70 bits per heavy atom. The lowest BCUT2D eigenvalue weighted by atomic mass is 9.70. The second-order valence-electron chi connectivity index (χ2n) is 8.72. The smallest absolute Gasteiger partial charge is 0.0777 e. The van der Waals surface area contributed by atoms with Crippen LogP contribution in [0.4, 0.5) is 0 Å². The molecule has 27 heavy (non-hydrogen) atoms. The molecule has 142 valence electrons. The molecule has 0 radical (unpaired) electrons. The van der Waals surface area contributed by atoms with Crippen molar-refractivity contribution in [3.63, 3.8) is 0 Å². The number of ether oxygens (including phenoxy) is 1. The van der Waals surface area contributed by atoms with Crippen molar-refractivity contribution in [2.24, 2.45) is 21.1 Å². The molecule has 2 saturated carbocycles. The lowest BCUT2D eigenvalue weighted by Crippen LogP contribution is -2.40. The third-order valence-corrected chi connectivity index (χ3v) is 8.20. The molecule has 2 aromatic rings. The minimum Gasteiger partial charge on any atom is -0.372 e. The van der Waals surface area contributed by atoms with Crippen LogP contribution in [0.15, 0.2) is 65.1 Å². The molecule has 0 saturated heterocycles. The highest BCUT2D eigenvalue weighted by molar-refractivity contribution is 7.98. The van der Waals surface area contributed by atoms with Gasteiger partial charge in [0.2, 0.25) is 0 Å². The zero-order valence-electron chi connectivity index (χ0n) is 16.5. The van der Waals surface area contributed by atoms with E-state index in [2.05, 4.69) is 75.4 Å². The zero-order chi connectivity index (χ0) is 18.9. The summed E-state index contributed by atoms with van der Waals surface area (Å²) in [5, 5.41) is 0.419. The molecule has 0 spiro atoms. The Kier molecular flexibility index (Phi) is 5.17. The number of rotatable bonds is 6. The number of fused-ring (bicyclic) bond motifs is 2. The largest absolute Gasteiger partial charge is 0.372 e. The van der Waals surface area contributed by atoms with Crippen molar-refractivity contribution in [1.29, 1.82) is 0 Å². The molecule has 0 aromatic heterocycles. The minimum absolute atomic E-state index is 0.215. The maximum absolute atomic E-state index is 6.58. The van der Waals surface area contributed by atoms with Crippen LogP contribution >= 0.6 is 11.9 Å². The number of benzene rings is 2. The molecule has 2 bridgehead atoms. The SMILES string of the molecule is CC1(C)C2CCC1(C)[C@H](OCc1ccccc1)[C@@H]2S/N=C/c1ccccc1. The quantitative estimate of drug-likeness (QED) is 0.442. The van der Waals surface area contributed by atoms with Gasteiger partial charge in [-0.3, -0.25) is 0 Å². The summed E-state index contributed by atoms with van der Waals surface area (Å²) in [5.41, 5.74) is 2.90. The Morgan fingerprint density at radius 3 is 2.41 bits per heavy atom. The van der Waals surface area contributed by atoms with Crippen molar-refractivity contribution >= 4 is 18.2 Å². The van der Waals surface area contributed by atoms with Gasteiger partial charge in [0, 0.05) is 11.6 Å². The average molecular weight is 380 g/mol. The van der Waals surface area contributed by atoms with Gasteiger partial charge in [0.15, 0.2) is 0 Å². The molecule has 0 heterocycles. The van der Waals surface area contributed by atoms with Gasteiger partial charge in [0.25, 0.3) is 0 Å². The van der Waals surface area contributed by atoms with Crippen LogP contribution in [0.5, 0.6) is 0 Å². The van der Waals surface area contributed by atoms with Crippen LogP contribution in [0.2, 0.25) is 0 Å². The van der Waals surface area contributed by atoms with Crippen molar-refractivity contribution in [2.45, 2.75) is 51.6 Å². The van der Waals surface area contributed by atoms with Gasteiger partial charge in [-0.15, -0.1) is 0 Å². The standard InChI is InChI=1S/C24H29NOS/c1-23(2)20-14-15-24(23,3)22(26-17-19-12-8-5-9-13-19)21(20)27-25-16-18-10-6-4-7-11-18/h4-13,16,20-22H,14-15,17H2,1-3H3/b25-16+/t20?,21-,22-,24?/m1/s1. The molecule has 2 unspecified atom stereocenters. The third kappa shape index (κ3) is 3.36. The van der Waals surface area contributed by atoms with Crippen LogP contribution in [0.25, 0.3) is 0 Å². The summed E-state index contributed by atoms with van der Waals surface area (Å²) in [6.07, 6.45) is 4.77. The Labute approximate surface area is 167 Å². The molecular weight excluding hydrogens is 350 g/mol. The molecule has 2 nitrogen and oxygen atoms in total. The first kappa shape index (κ1) is 18.8. The van der Waals surface area contributed by atoms with Gasteiger partial charge in [-0.25, -0.2) is 4.40 Å². The monoisotopic (exact) mass is 379 g/mol. The van der Waals surface area contributed by atoms with E-state index in [4.69, 9.17) is 9.13 Å². The summed E-state index contributed by atoms with van der Waals surface area (Å²) >= 11 is 1.73. The van der Waals surface area contributed by atoms with Crippen molar-refractivity contribution in [2.75, 3.05) is 0 Å². The Hall–Kier alpha value is -1.58. The van der Waals surface area contributed by atoms with Crippen LogP contribution in [0.1, 0.15) is 44.7 Å². The molecule has 2 aliphatic rings. The van der Waals surface area contributed by atoms with Crippen LogP contribution in [0, 0.1) is 16.7 Å². The highest BCUT2D eigenvalue weighted by atomic mass is 32.2. The van der Waals surface area contributed by atoms with Crippen LogP contribution in [0.3, 0.4) is 0 Å². The minimum atomic E-state index is 0.215. The van der Waals surface area contributed by atoms with Gasteiger partial charge in [0.05, 0.1) is 18.0 Å².